The van der Waals surface area contributed by atoms with Gasteiger partial charge in [0.2, 0.25) is 12.7 Å². The van der Waals surface area contributed by atoms with E-state index < -0.39 is 0 Å². The second-order valence-electron chi connectivity index (χ2n) is 3.51. The first-order valence-electron chi connectivity index (χ1n) is 5.27. The Morgan fingerprint density at radius 2 is 2.05 bits per heavy atom. The first-order chi connectivity index (χ1) is 8.25. The zero-order valence-electron chi connectivity index (χ0n) is 10.1. The lowest BCUT2D eigenvalue weighted by Crippen LogP contribution is -2.31. The number of carbonyl (C=O) groups excluding carboxylic acids is 1. The van der Waals surface area contributed by atoms with Crippen molar-refractivity contribution in [3.05, 3.63) is 18.2 Å². The van der Waals surface area contributed by atoms with Crippen LogP contribution in [-0.2, 0) is 4.79 Å². The Kier molecular flexibility index (Phi) is 8.06. The summed E-state index contributed by atoms with van der Waals surface area (Å²) < 4.78 is 15.9. The molecule has 1 heterocycles. The third kappa shape index (κ3) is 5.42. The van der Waals surface area contributed by atoms with Crippen LogP contribution in [0.25, 0.3) is 0 Å². The van der Waals surface area contributed by atoms with E-state index in [1.54, 1.807) is 12.1 Å². The number of primary amides is 1. The average Bonchev–Trinajstić information content (AvgIpc) is 2.75. The van der Waals surface area contributed by atoms with Gasteiger partial charge in [-0.15, -0.1) is 24.8 Å². The van der Waals surface area contributed by atoms with Crippen LogP contribution in [0.2, 0.25) is 0 Å². The predicted octanol–water partition coefficient (Wildman–Crippen LogP) is 0.713. The molecule has 1 aromatic rings. The molecule has 1 aliphatic heterocycles. The fourth-order valence-corrected chi connectivity index (χ4v) is 1.42. The van der Waals surface area contributed by atoms with Crippen molar-refractivity contribution in [1.82, 2.24) is 5.32 Å². The summed E-state index contributed by atoms with van der Waals surface area (Å²) in [4.78, 5) is 10.4. The molecular formula is C11H16Cl2N2O4. The van der Waals surface area contributed by atoms with Crippen molar-refractivity contribution in [2.24, 2.45) is 5.73 Å². The lowest BCUT2D eigenvalue weighted by molar-refractivity contribution is -0.117. The zero-order valence-corrected chi connectivity index (χ0v) is 11.7. The molecule has 3 N–H and O–H groups in total. The van der Waals surface area contributed by atoms with E-state index in [-0.39, 0.29) is 44.1 Å². The summed E-state index contributed by atoms with van der Waals surface area (Å²) in [7, 11) is 0. The Labute approximate surface area is 123 Å². The first-order valence-corrected chi connectivity index (χ1v) is 5.27. The van der Waals surface area contributed by atoms with Crippen molar-refractivity contribution in [3.63, 3.8) is 0 Å². The van der Waals surface area contributed by atoms with Gasteiger partial charge >= 0.3 is 0 Å². The maximum atomic E-state index is 10.4. The molecule has 19 heavy (non-hydrogen) atoms. The smallest absolute Gasteiger partial charge is 0.231 e. The van der Waals surface area contributed by atoms with E-state index in [1.807, 2.05) is 6.07 Å². The molecule has 1 amide bonds. The number of halogens is 2. The Hall–Kier alpha value is -1.37. The fraction of sp³-hybridized carbons (Fsp3) is 0.364. The number of nitrogens with two attached hydrogens (primary N) is 1. The quantitative estimate of drug-likeness (QED) is 0.756. The van der Waals surface area contributed by atoms with Crippen LogP contribution in [0.5, 0.6) is 17.2 Å². The molecule has 0 spiro atoms. The summed E-state index contributed by atoms with van der Waals surface area (Å²) in [6.07, 6.45) is 0. The number of hydrogen-bond donors (Lipinski definition) is 2. The van der Waals surface area contributed by atoms with Gasteiger partial charge in [-0.25, -0.2) is 0 Å². The summed E-state index contributed by atoms with van der Waals surface area (Å²) in [6.45, 7) is 1.41. The van der Waals surface area contributed by atoms with Crippen LogP contribution >= 0.6 is 24.8 Å². The van der Waals surface area contributed by atoms with Gasteiger partial charge in [-0.1, -0.05) is 0 Å². The highest BCUT2D eigenvalue weighted by Gasteiger charge is 2.13. The largest absolute Gasteiger partial charge is 0.492 e. The van der Waals surface area contributed by atoms with Gasteiger partial charge in [0.15, 0.2) is 11.5 Å². The van der Waals surface area contributed by atoms with Crippen molar-refractivity contribution < 1.29 is 19.0 Å². The van der Waals surface area contributed by atoms with Gasteiger partial charge < -0.3 is 25.3 Å². The third-order valence-corrected chi connectivity index (χ3v) is 2.19. The molecule has 0 atom stereocenters. The van der Waals surface area contributed by atoms with E-state index in [1.165, 1.54) is 0 Å². The lowest BCUT2D eigenvalue weighted by atomic mass is 10.3. The molecule has 1 aromatic carbocycles. The molecule has 108 valence electrons. The van der Waals surface area contributed by atoms with Gasteiger partial charge in [0.05, 0.1) is 6.54 Å². The molecule has 0 aromatic heterocycles. The Balaban J connectivity index is 0.00000162. The van der Waals surface area contributed by atoms with Gasteiger partial charge in [-0.05, 0) is 12.1 Å². The van der Waals surface area contributed by atoms with Gasteiger partial charge in [0.25, 0.3) is 0 Å². The number of amides is 1. The standard InChI is InChI=1S/C11H14N2O4.2ClH/c12-11(14)6-13-3-4-15-8-1-2-9-10(5-8)17-7-16-9;;/h1-2,5,13H,3-4,6-7H2,(H2,12,14);2*1H. The molecule has 0 fully saturated rings. The van der Waals surface area contributed by atoms with Crippen LogP contribution in [0, 0.1) is 0 Å². The van der Waals surface area contributed by atoms with Crippen LogP contribution in [0.4, 0.5) is 0 Å². The Morgan fingerprint density at radius 1 is 1.32 bits per heavy atom. The highest BCUT2D eigenvalue weighted by Crippen LogP contribution is 2.34. The number of fused-ring (bicyclic) bond motifs is 1. The minimum absolute atomic E-state index is 0. The zero-order chi connectivity index (χ0) is 12.1. The van der Waals surface area contributed by atoms with Crippen molar-refractivity contribution in [1.29, 1.82) is 0 Å². The lowest BCUT2D eigenvalue weighted by Gasteiger charge is -2.07. The van der Waals surface area contributed by atoms with Gasteiger partial charge in [0, 0.05) is 12.6 Å². The van der Waals surface area contributed by atoms with Crippen LogP contribution in [0.3, 0.4) is 0 Å². The molecule has 2 rings (SSSR count). The van der Waals surface area contributed by atoms with E-state index in [4.69, 9.17) is 19.9 Å². The second kappa shape index (κ2) is 8.68. The molecule has 0 saturated carbocycles. The van der Waals surface area contributed by atoms with Crippen molar-refractivity contribution >= 4 is 30.7 Å². The Morgan fingerprint density at radius 3 is 2.79 bits per heavy atom. The maximum Gasteiger partial charge on any atom is 0.231 e. The minimum atomic E-state index is -0.381. The Bertz CT molecular complexity index is 418. The van der Waals surface area contributed by atoms with Crippen LogP contribution in [0.1, 0.15) is 0 Å². The molecule has 0 bridgehead atoms. The molecule has 8 heteroatoms. The third-order valence-electron chi connectivity index (χ3n) is 2.19. The second-order valence-corrected chi connectivity index (χ2v) is 3.51. The summed E-state index contributed by atoms with van der Waals surface area (Å²) >= 11 is 0. The molecule has 6 nitrogen and oxygen atoms in total. The molecule has 0 radical (unpaired) electrons. The monoisotopic (exact) mass is 310 g/mol. The number of nitrogens with one attached hydrogen (secondary N) is 1. The van der Waals surface area contributed by atoms with Crippen LogP contribution < -0.4 is 25.3 Å². The van der Waals surface area contributed by atoms with E-state index in [0.717, 1.165) is 5.75 Å². The summed E-state index contributed by atoms with van der Waals surface area (Å²) in [5, 5.41) is 2.85. The summed E-state index contributed by atoms with van der Waals surface area (Å²) in [5.41, 5.74) is 4.97. The maximum absolute atomic E-state index is 10.4. The summed E-state index contributed by atoms with van der Waals surface area (Å²) in [5.74, 6) is 1.74. The minimum Gasteiger partial charge on any atom is -0.492 e. The molecule has 1 aliphatic rings. The molecule has 0 unspecified atom stereocenters. The molecular weight excluding hydrogens is 295 g/mol. The predicted molar refractivity (Wildman–Crippen MR) is 74.6 cm³/mol. The van der Waals surface area contributed by atoms with Gasteiger partial charge in [-0.3, -0.25) is 4.79 Å². The highest BCUT2D eigenvalue weighted by atomic mass is 35.5. The van der Waals surface area contributed by atoms with Crippen molar-refractivity contribution in [2.45, 2.75) is 0 Å². The highest BCUT2D eigenvalue weighted by molar-refractivity contribution is 5.85. The number of benzene rings is 1. The van der Waals surface area contributed by atoms with Crippen molar-refractivity contribution in [2.75, 3.05) is 26.5 Å². The normalized spacial score (nSPS) is 11.2. The SMILES string of the molecule is Cl.Cl.NC(=O)CNCCOc1ccc2c(c1)OCO2. The van der Waals surface area contributed by atoms with Crippen LogP contribution in [-0.4, -0.2) is 32.4 Å². The number of rotatable bonds is 6. The number of carbonyl (C=O) groups is 1. The van der Waals surface area contributed by atoms with E-state index in [0.29, 0.717) is 24.7 Å². The van der Waals surface area contributed by atoms with Crippen molar-refractivity contribution in [3.8, 4) is 17.2 Å². The van der Waals surface area contributed by atoms with Crippen LogP contribution in [0.15, 0.2) is 18.2 Å². The topological polar surface area (TPSA) is 82.8 Å². The number of hydrogen-bond acceptors (Lipinski definition) is 5. The van der Waals surface area contributed by atoms with E-state index >= 15 is 0 Å². The summed E-state index contributed by atoms with van der Waals surface area (Å²) in [6, 6.07) is 5.38. The molecule has 0 saturated heterocycles. The van der Waals surface area contributed by atoms with Gasteiger partial charge in [0.1, 0.15) is 12.4 Å². The van der Waals surface area contributed by atoms with E-state index in [9.17, 15) is 4.79 Å². The van der Waals surface area contributed by atoms with E-state index in [2.05, 4.69) is 5.32 Å². The van der Waals surface area contributed by atoms with Gasteiger partial charge in [-0.2, -0.15) is 0 Å². The molecule has 0 aliphatic carbocycles. The average molecular weight is 311 g/mol. The fourth-order valence-electron chi connectivity index (χ4n) is 1.42. The number of ether oxygens (including phenoxy) is 3. The first kappa shape index (κ1) is 17.6.